The fraction of sp³-hybridized carbons (Fsp3) is 0.231. The van der Waals surface area contributed by atoms with Gasteiger partial charge in [0.1, 0.15) is 5.82 Å². The van der Waals surface area contributed by atoms with E-state index in [1.807, 2.05) is 31.1 Å². The number of nitrogens with zero attached hydrogens (tertiary/aromatic N) is 3. The highest BCUT2D eigenvalue weighted by Gasteiger charge is 2.24. The molecule has 5 heteroatoms. The van der Waals surface area contributed by atoms with Crippen molar-refractivity contribution in [3.05, 3.63) is 89.4 Å². The first-order valence-electron chi connectivity index (χ1n) is 10.5. The van der Waals surface area contributed by atoms with E-state index in [9.17, 15) is 9.18 Å². The van der Waals surface area contributed by atoms with Gasteiger partial charge in [0.15, 0.2) is 0 Å². The number of likely N-dealkylation sites (N-methyl/N-ethyl adjacent to an activating group) is 1. The number of hydrogen-bond donors (Lipinski definition) is 0. The molecule has 2 aromatic carbocycles. The van der Waals surface area contributed by atoms with Crippen molar-refractivity contribution in [3.8, 4) is 11.3 Å². The molecule has 0 unspecified atom stereocenters. The molecule has 1 amide bonds. The van der Waals surface area contributed by atoms with Crippen molar-refractivity contribution in [2.24, 2.45) is 0 Å². The molecule has 0 fully saturated rings. The van der Waals surface area contributed by atoms with Gasteiger partial charge in [-0.2, -0.15) is 0 Å². The van der Waals surface area contributed by atoms with E-state index in [0.29, 0.717) is 17.8 Å². The van der Waals surface area contributed by atoms with Crippen molar-refractivity contribution in [1.29, 1.82) is 0 Å². The first kappa shape index (κ1) is 20.9. The quantitative estimate of drug-likeness (QED) is 0.585. The molecule has 0 saturated heterocycles. The van der Waals surface area contributed by atoms with Gasteiger partial charge in [-0.15, -0.1) is 0 Å². The largest absolute Gasteiger partial charge is 0.308 e. The van der Waals surface area contributed by atoms with E-state index in [0.717, 1.165) is 36.2 Å². The van der Waals surface area contributed by atoms with E-state index >= 15 is 0 Å². The number of hydrogen-bond acceptors (Lipinski definition) is 3. The van der Waals surface area contributed by atoms with Gasteiger partial charge in [-0.25, -0.2) is 4.39 Å². The van der Waals surface area contributed by atoms with Gasteiger partial charge >= 0.3 is 0 Å². The molecular weight excluding hydrogens is 389 g/mol. The van der Waals surface area contributed by atoms with Gasteiger partial charge in [-0.05, 0) is 86.6 Å². The SMILES string of the molecule is CN(C)C/C=C/c1ccc2c(c1)CCCN2C(=O)c1ccc(-c2ccc(F)cc2)nc1. The lowest BCUT2D eigenvalue weighted by Crippen LogP contribution is -2.35. The van der Waals surface area contributed by atoms with Crippen LogP contribution in [0.25, 0.3) is 17.3 Å². The Hall–Kier alpha value is -3.31. The average Bonchev–Trinajstić information content (AvgIpc) is 2.78. The van der Waals surface area contributed by atoms with E-state index in [1.165, 1.54) is 17.7 Å². The van der Waals surface area contributed by atoms with Gasteiger partial charge in [0.25, 0.3) is 5.91 Å². The first-order valence-corrected chi connectivity index (χ1v) is 10.5. The number of fused-ring (bicyclic) bond motifs is 1. The normalized spacial score (nSPS) is 13.6. The monoisotopic (exact) mass is 415 g/mol. The smallest absolute Gasteiger partial charge is 0.259 e. The topological polar surface area (TPSA) is 36.4 Å². The van der Waals surface area contributed by atoms with Crippen LogP contribution < -0.4 is 4.90 Å². The summed E-state index contributed by atoms with van der Waals surface area (Å²) in [5, 5.41) is 0. The zero-order chi connectivity index (χ0) is 21.8. The number of benzene rings is 2. The van der Waals surface area contributed by atoms with Gasteiger partial charge in [0.05, 0.1) is 11.3 Å². The summed E-state index contributed by atoms with van der Waals surface area (Å²) in [7, 11) is 4.09. The van der Waals surface area contributed by atoms with E-state index in [2.05, 4.69) is 34.2 Å². The molecule has 0 atom stereocenters. The van der Waals surface area contributed by atoms with Crippen LogP contribution in [0.15, 0.2) is 66.9 Å². The Kier molecular flexibility index (Phi) is 6.23. The molecule has 0 spiro atoms. The lowest BCUT2D eigenvalue weighted by atomic mass is 9.98. The van der Waals surface area contributed by atoms with Crippen LogP contribution in [0.3, 0.4) is 0 Å². The van der Waals surface area contributed by atoms with Crippen LogP contribution in [0, 0.1) is 5.82 Å². The molecular formula is C26H26FN3O. The number of pyridine rings is 1. The maximum absolute atomic E-state index is 13.2. The van der Waals surface area contributed by atoms with Gasteiger partial charge in [0.2, 0.25) is 0 Å². The molecule has 31 heavy (non-hydrogen) atoms. The van der Waals surface area contributed by atoms with Crippen molar-refractivity contribution in [2.45, 2.75) is 12.8 Å². The zero-order valence-electron chi connectivity index (χ0n) is 17.9. The summed E-state index contributed by atoms with van der Waals surface area (Å²) in [6, 6.07) is 16.1. The minimum absolute atomic E-state index is 0.0463. The van der Waals surface area contributed by atoms with Crippen LogP contribution in [-0.2, 0) is 6.42 Å². The van der Waals surface area contributed by atoms with E-state index in [-0.39, 0.29) is 11.7 Å². The standard InChI is InChI=1S/C26H26FN3O/c1-29(2)15-3-5-19-7-14-25-21(17-19)6-4-16-30(25)26(31)22-10-13-24(28-18-22)20-8-11-23(27)12-9-20/h3,5,7-14,17-18H,4,6,15-16H2,1-2H3/b5-3+. The number of amides is 1. The zero-order valence-corrected chi connectivity index (χ0v) is 17.9. The molecule has 1 aliphatic heterocycles. The molecule has 1 aliphatic rings. The second-order valence-electron chi connectivity index (χ2n) is 8.05. The van der Waals surface area contributed by atoms with Crippen LogP contribution in [0.5, 0.6) is 0 Å². The van der Waals surface area contributed by atoms with Crippen molar-refractivity contribution in [1.82, 2.24) is 9.88 Å². The first-order chi connectivity index (χ1) is 15.0. The Morgan fingerprint density at radius 2 is 1.94 bits per heavy atom. The molecule has 0 aliphatic carbocycles. The minimum Gasteiger partial charge on any atom is -0.308 e. The van der Waals surface area contributed by atoms with E-state index < -0.39 is 0 Å². The highest BCUT2D eigenvalue weighted by atomic mass is 19.1. The number of anilines is 1. The van der Waals surface area contributed by atoms with E-state index in [4.69, 9.17) is 0 Å². The summed E-state index contributed by atoms with van der Waals surface area (Å²) in [6.45, 7) is 1.59. The molecule has 0 saturated carbocycles. The van der Waals surface area contributed by atoms with Gasteiger partial charge in [-0.3, -0.25) is 9.78 Å². The molecule has 4 nitrogen and oxygen atoms in total. The molecule has 158 valence electrons. The maximum atomic E-state index is 13.2. The summed E-state index contributed by atoms with van der Waals surface area (Å²) in [4.78, 5) is 21.6. The number of halogens is 1. The summed E-state index contributed by atoms with van der Waals surface area (Å²) in [5.74, 6) is -0.328. The molecule has 0 radical (unpaired) electrons. The summed E-state index contributed by atoms with van der Waals surface area (Å²) in [6.07, 6.45) is 7.77. The summed E-state index contributed by atoms with van der Waals surface area (Å²) >= 11 is 0. The molecule has 1 aromatic heterocycles. The predicted molar refractivity (Wildman–Crippen MR) is 124 cm³/mol. The van der Waals surface area contributed by atoms with Gasteiger partial charge in [0, 0.05) is 30.5 Å². The maximum Gasteiger partial charge on any atom is 0.259 e. The Bertz CT molecular complexity index is 1090. The fourth-order valence-corrected chi connectivity index (χ4v) is 3.80. The van der Waals surface area contributed by atoms with Crippen LogP contribution in [0.4, 0.5) is 10.1 Å². The second kappa shape index (κ2) is 9.23. The summed E-state index contributed by atoms with van der Waals surface area (Å²) < 4.78 is 13.1. The molecule has 3 aromatic rings. The highest BCUT2D eigenvalue weighted by molar-refractivity contribution is 6.06. The molecule has 4 rings (SSSR count). The molecule has 0 bridgehead atoms. The number of carbonyl (C=O) groups is 1. The average molecular weight is 416 g/mol. The Balaban J connectivity index is 1.53. The van der Waals surface area contributed by atoms with Crippen LogP contribution in [-0.4, -0.2) is 43.0 Å². The predicted octanol–water partition coefficient (Wildman–Crippen LogP) is 5.06. The number of aromatic nitrogens is 1. The van der Waals surface area contributed by atoms with Gasteiger partial charge < -0.3 is 9.80 Å². The third-order valence-corrected chi connectivity index (χ3v) is 5.40. The summed E-state index contributed by atoms with van der Waals surface area (Å²) in [5.41, 5.74) is 5.41. The third-order valence-electron chi connectivity index (χ3n) is 5.40. The van der Waals surface area contributed by atoms with Crippen molar-refractivity contribution in [3.63, 3.8) is 0 Å². The van der Waals surface area contributed by atoms with Crippen LogP contribution >= 0.6 is 0 Å². The number of carbonyl (C=O) groups excluding carboxylic acids is 1. The molecule has 2 heterocycles. The number of rotatable bonds is 5. The van der Waals surface area contributed by atoms with Crippen LogP contribution in [0.1, 0.15) is 27.9 Å². The van der Waals surface area contributed by atoms with E-state index in [1.54, 1.807) is 24.4 Å². The Morgan fingerprint density at radius 3 is 2.65 bits per heavy atom. The lowest BCUT2D eigenvalue weighted by molar-refractivity contribution is 0.0985. The Morgan fingerprint density at radius 1 is 1.13 bits per heavy atom. The number of aryl methyl sites for hydroxylation is 1. The van der Waals surface area contributed by atoms with Crippen molar-refractivity contribution >= 4 is 17.7 Å². The van der Waals surface area contributed by atoms with Crippen LogP contribution in [0.2, 0.25) is 0 Å². The van der Waals surface area contributed by atoms with Crippen molar-refractivity contribution in [2.75, 3.05) is 32.1 Å². The Labute approximate surface area is 182 Å². The minimum atomic E-state index is -0.282. The van der Waals surface area contributed by atoms with Gasteiger partial charge in [-0.1, -0.05) is 18.2 Å². The second-order valence-corrected chi connectivity index (χ2v) is 8.05. The lowest BCUT2D eigenvalue weighted by Gasteiger charge is -2.30. The molecule has 0 N–H and O–H groups in total. The third kappa shape index (κ3) is 4.89. The van der Waals surface area contributed by atoms with Crippen molar-refractivity contribution < 1.29 is 9.18 Å². The fourth-order valence-electron chi connectivity index (χ4n) is 3.80. The highest BCUT2D eigenvalue weighted by Crippen LogP contribution is 2.30.